The van der Waals surface area contributed by atoms with Crippen LogP contribution in [0.3, 0.4) is 0 Å². The minimum absolute atomic E-state index is 0.169. The van der Waals surface area contributed by atoms with Gasteiger partial charge in [-0.3, -0.25) is 10.1 Å². The number of amides is 1. The summed E-state index contributed by atoms with van der Waals surface area (Å²) in [6.45, 7) is 2.63. The Morgan fingerprint density at radius 3 is 3.00 bits per heavy atom. The van der Waals surface area contributed by atoms with Gasteiger partial charge >= 0.3 is 0 Å². The second-order valence-corrected chi connectivity index (χ2v) is 4.42. The number of rotatable bonds is 5. The number of carbonyl (C=O) groups is 1. The molecule has 6 heteroatoms. The van der Waals surface area contributed by atoms with Crippen LogP contribution in [0.25, 0.3) is 0 Å². The molecular formula is C14H14ClN3O2. The van der Waals surface area contributed by atoms with E-state index < -0.39 is 0 Å². The van der Waals surface area contributed by atoms with E-state index in [-0.39, 0.29) is 17.0 Å². The molecule has 0 saturated heterocycles. The third-order valence-electron chi connectivity index (χ3n) is 2.42. The Labute approximate surface area is 122 Å². The van der Waals surface area contributed by atoms with Gasteiger partial charge in [0.1, 0.15) is 10.9 Å². The molecule has 1 aromatic heterocycles. The Hall–Kier alpha value is -2.14. The molecule has 2 aromatic rings. The third kappa shape index (κ3) is 3.93. The summed E-state index contributed by atoms with van der Waals surface area (Å²) in [4.78, 5) is 19.9. The number of benzene rings is 1. The van der Waals surface area contributed by atoms with E-state index in [1.54, 1.807) is 18.2 Å². The second-order valence-electron chi connectivity index (χ2n) is 4.03. The van der Waals surface area contributed by atoms with Gasteiger partial charge in [-0.05, 0) is 30.7 Å². The lowest BCUT2D eigenvalue weighted by Crippen LogP contribution is -2.14. The minimum Gasteiger partial charge on any atom is -0.494 e. The van der Waals surface area contributed by atoms with Crippen molar-refractivity contribution in [2.75, 3.05) is 11.9 Å². The summed E-state index contributed by atoms with van der Waals surface area (Å²) in [5.74, 6) is 0.517. The average Bonchev–Trinajstić information content (AvgIpc) is 2.45. The maximum absolute atomic E-state index is 12.1. The van der Waals surface area contributed by atoms with Crippen LogP contribution in [-0.4, -0.2) is 22.5 Å². The number of ether oxygens (including phenoxy) is 1. The molecule has 0 aliphatic rings. The summed E-state index contributed by atoms with van der Waals surface area (Å²) >= 11 is 5.73. The van der Waals surface area contributed by atoms with Gasteiger partial charge in [0.15, 0.2) is 0 Å². The number of nitrogens with zero attached hydrogens (tertiary/aromatic N) is 2. The van der Waals surface area contributed by atoms with Crippen molar-refractivity contribution in [3.05, 3.63) is 47.2 Å². The topological polar surface area (TPSA) is 64.1 Å². The normalized spacial score (nSPS) is 10.1. The minimum atomic E-state index is -0.311. The lowest BCUT2D eigenvalue weighted by Gasteiger charge is -2.07. The highest BCUT2D eigenvalue weighted by Gasteiger charge is 2.09. The van der Waals surface area contributed by atoms with Gasteiger partial charge in [-0.25, -0.2) is 9.97 Å². The molecule has 2 rings (SSSR count). The number of anilines is 1. The van der Waals surface area contributed by atoms with E-state index in [9.17, 15) is 4.79 Å². The standard InChI is InChI=1S/C14H14ClN3O2/c1-2-8-20-11-5-3-4-10(9-11)13(19)18-14-16-7-6-12(15)17-14/h3-7,9H,2,8H2,1H3,(H,16,17,18,19). The monoisotopic (exact) mass is 291 g/mol. The lowest BCUT2D eigenvalue weighted by atomic mass is 10.2. The SMILES string of the molecule is CCCOc1cccc(C(=O)Nc2nccc(Cl)n2)c1. The highest BCUT2D eigenvalue weighted by atomic mass is 35.5. The van der Waals surface area contributed by atoms with Crippen LogP contribution >= 0.6 is 11.6 Å². The number of carbonyl (C=O) groups excluding carboxylic acids is 1. The van der Waals surface area contributed by atoms with Crippen molar-refractivity contribution in [3.63, 3.8) is 0 Å². The van der Waals surface area contributed by atoms with E-state index in [1.165, 1.54) is 12.3 Å². The quantitative estimate of drug-likeness (QED) is 0.859. The van der Waals surface area contributed by atoms with Crippen LogP contribution in [0.15, 0.2) is 36.5 Å². The molecule has 1 N–H and O–H groups in total. The fraction of sp³-hybridized carbons (Fsp3) is 0.214. The van der Waals surface area contributed by atoms with Crippen molar-refractivity contribution in [1.82, 2.24) is 9.97 Å². The molecule has 0 saturated carbocycles. The molecule has 104 valence electrons. The number of aromatic nitrogens is 2. The van der Waals surface area contributed by atoms with Crippen molar-refractivity contribution >= 4 is 23.5 Å². The first-order valence-corrected chi connectivity index (χ1v) is 6.59. The molecule has 0 radical (unpaired) electrons. The zero-order valence-electron chi connectivity index (χ0n) is 11.0. The Morgan fingerprint density at radius 2 is 2.25 bits per heavy atom. The summed E-state index contributed by atoms with van der Waals surface area (Å²) in [7, 11) is 0. The van der Waals surface area contributed by atoms with Crippen LogP contribution in [0.4, 0.5) is 5.95 Å². The largest absolute Gasteiger partial charge is 0.494 e. The van der Waals surface area contributed by atoms with E-state index in [0.717, 1.165) is 6.42 Å². The van der Waals surface area contributed by atoms with Gasteiger partial charge in [0.25, 0.3) is 5.91 Å². The molecule has 20 heavy (non-hydrogen) atoms. The maximum Gasteiger partial charge on any atom is 0.258 e. The van der Waals surface area contributed by atoms with Gasteiger partial charge in [0.2, 0.25) is 5.95 Å². The molecule has 1 aromatic carbocycles. The average molecular weight is 292 g/mol. The highest BCUT2D eigenvalue weighted by Crippen LogP contribution is 2.15. The summed E-state index contributed by atoms with van der Waals surface area (Å²) in [5, 5.41) is 2.85. The van der Waals surface area contributed by atoms with Crippen LogP contribution in [0.2, 0.25) is 5.15 Å². The van der Waals surface area contributed by atoms with E-state index in [4.69, 9.17) is 16.3 Å². The van der Waals surface area contributed by atoms with Gasteiger partial charge < -0.3 is 4.74 Å². The molecule has 0 bridgehead atoms. The summed E-state index contributed by atoms with van der Waals surface area (Å²) in [6.07, 6.45) is 2.39. The molecule has 1 heterocycles. The molecule has 1 amide bonds. The van der Waals surface area contributed by atoms with Crippen molar-refractivity contribution < 1.29 is 9.53 Å². The molecule has 5 nitrogen and oxygen atoms in total. The Kier molecular flexibility index (Phi) is 4.90. The predicted octanol–water partition coefficient (Wildman–Crippen LogP) is 3.17. The van der Waals surface area contributed by atoms with Crippen molar-refractivity contribution in [2.24, 2.45) is 0 Å². The zero-order chi connectivity index (χ0) is 14.4. The van der Waals surface area contributed by atoms with Crippen LogP contribution in [0.1, 0.15) is 23.7 Å². The van der Waals surface area contributed by atoms with E-state index in [1.807, 2.05) is 13.0 Å². The predicted molar refractivity (Wildman–Crippen MR) is 77.2 cm³/mol. The van der Waals surface area contributed by atoms with E-state index in [0.29, 0.717) is 17.9 Å². The number of nitrogens with one attached hydrogen (secondary N) is 1. The first-order chi connectivity index (χ1) is 9.69. The van der Waals surface area contributed by atoms with Crippen LogP contribution < -0.4 is 10.1 Å². The maximum atomic E-state index is 12.1. The number of halogens is 1. The number of hydrogen-bond donors (Lipinski definition) is 1. The van der Waals surface area contributed by atoms with Crippen molar-refractivity contribution in [3.8, 4) is 5.75 Å². The van der Waals surface area contributed by atoms with Gasteiger partial charge in [0, 0.05) is 11.8 Å². The Bertz CT molecular complexity index is 604. The van der Waals surface area contributed by atoms with Crippen LogP contribution in [0, 0.1) is 0 Å². The first kappa shape index (κ1) is 14.3. The fourth-order valence-corrected chi connectivity index (χ4v) is 1.65. The zero-order valence-corrected chi connectivity index (χ0v) is 11.7. The first-order valence-electron chi connectivity index (χ1n) is 6.22. The Balaban J connectivity index is 2.09. The van der Waals surface area contributed by atoms with Gasteiger partial charge in [-0.1, -0.05) is 24.6 Å². The van der Waals surface area contributed by atoms with Crippen molar-refractivity contribution in [2.45, 2.75) is 13.3 Å². The van der Waals surface area contributed by atoms with Gasteiger partial charge in [0.05, 0.1) is 6.61 Å². The van der Waals surface area contributed by atoms with E-state index in [2.05, 4.69) is 15.3 Å². The highest BCUT2D eigenvalue weighted by molar-refractivity contribution is 6.29. The van der Waals surface area contributed by atoms with E-state index >= 15 is 0 Å². The van der Waals surface area contributed by atoms with Gasteiger partial charge in [-0.2, -0.15) is 0 Å². The Morgan fingerprint density at radius 1 is 1.40 bits per heavy atom. The molecule has 0 atom stereocenters. The number of hydrogen-bond acceptors (Lipinski definition) is 4. The summed E-state index contributed by atoms with van der Waals surface area (Å²) in [6, 6.07) is 8.48. The molecule has 0 unspecified atom stereocenters. The second kappa shape index (κ2) is 6.86. The summed E-state index contributed by atoms with van der Waals surface area (Å²) < 4.78 is 5.48. The van der Waals surface area contributed by atoms with Gasteiger partial charge in [-0.15, -0.1) is 0 Å². The lowest BCUT2D eigenvalue weighted by molar-refractivity contribution is 0.102. The fourth-order valence-electron chi connectivity index (χ4n) is 1.52. The van der Waals surface area contributed by atoms with Crippen molar-refractivity contribution in [1.29, 1.82) is 0 Å². The molecule has 0 aliphatic heterocycles. The molecule has 0 aliphatic carbocycles. The molecule has 0 spiro atoms. The summed E-state index contributed by atoms with van der Waals surface area (Å²) in [5.41, 5.74) is 0.474. The molecule has 0 fully saturated rings. The van der Waals surface area contributed by atoms with Crippen LogP contribution in [0.5, 0.6) is 5.75 Å². The smallest absolute Gasteiger partial charge is 0.258 e. The molecular weight excluding hydrogens is 278 g/mol. The third-order valence-corrected chi connectivity index (χ3v) is 2.63. The van der Waals surface area contributed by atoms with Crippen LogP contribution in [-0.2, 0) is 0 Å².